The number of ketones is 1. The summed E-state index contributed by atoms with van der Waals surface area (Å²) in [7, 11) is 0. The summed E-state index contributed by atoms with van der Waals surface area (Å²) in [5.74, 6) is 0.294. The van der Waals surface area contributed by atoms with Crippen molar-refractivity contribution in [2.24, 2.45) is 0 Å². The fraction of sp³-hybridized carbons (Fsp3) is 0.333. The number of halogens is 1. The van der Waals surface area contributed by atoms with Gasteiger partial charge in [0.2, 0.25) is 5.88 Å². The summed E-state index contributed by atoms with van der Waals surface area (Å²) in [5, 5.41) is 7.62. The molecular formula is C21H24ClN3O2. The lowest BCUT2D eigenvalue weighted by Gasteiger charge is -2.16. The lowest BCUT2D eigenvalue weighted by molar-refractivity contribution is -0.117. The number of carbonyl (C=O) groups excluding carboxylic acids is 1. The summed E-state index contributed by atoms with van der Waals surface area (Å²) in [6, 6.07) is 7.77. The molecule has 2 N–H and O–H groups in total. The molecular weight excluding hydrogens is 362 g/mol. The zero-order valence-electron chi connectivity index (χ0n) is 15.5. The highest BCUT2D eigenvalue weighted by molar-refractivity contribution is 6.33. The van der Waals surface area contributed by atoms with Crippen LogP contribution in [0.15, 0.2) is 42.6 Å². The Bertz CT molecular complexity index is 834. The average molecular weight is 386 g/mol. The second kappa shape index (κ2) is 9.02. The zero-order chi connectivity index (χ0) is 19.2. The van der Waals surface area contributed by atoms with Gasteiger partial charge in [-0.25, -0.2) is 4.98 Å². The Labute approximate surface area is 164 Å². The van der Waals surface area contributed by atoms with E-state index in [4.69, 9.17) is 16.3 Å². The first-order valence-electron chi connectivity index (χ1n) is 9.06. The third kappa shape index (κ3) is 5.08. The molecule has 1 aromatic heterocycles. The molecule has 0 fully saturated rings. The second-order valence-corrected chi connectivity index (χ2v) is 7.07. The number of benzene rings is 1. The average Bonchev–Trinajstić information content (AvgIpc) is 2.91. The minimum absolute atomic E-state index is 0.0419. The summed E-state index contributed by atoms with van der Waals surface area (Å²) < 4.78 is 5.38. The number of anilines is 1. The molecule has 0 amide bonds. The van der Waals surface area contributed by atoms with Crippen molar-refractivity contribution in [3.8, 4) is 5.88 Å². The molecule has 1 aromatic carbocycles. The van der Waals surface area contributed by atoms with Gasteiger partial charge in [0.15, 0.2) is 12.4 Å². The van der Waals surface area contributed by atoms with E-state index in [9.17, 15) is 4.79 Å². The number of rotatable bonds is 7. The van der Waals surface area contributed by atoms with Crippen molar-refractivity contribution in [2.75, 3.05) is 25.0 Å². The van der Waals surface area contributed by atoms with E-state index in [0.29, 0.717) is 18.0 Å². The Morgan fingerprint density at radius 1 is 1.30 bits per heavy atom. The first-order valence-corrected chi connectivity index (χ1v) is 9.43. The first kappa shape index (κ1) is 19.4. The lowest BCUT2D eigenvalue weighted by Crippen LogP contribution is -2.16. The summed E-state index contributed by atoms with van der Waals surface area (Å²) >= 11 is 6.44. The van der Waals surface area contributed by atoms with Crippen LogP contribution in [0.5, 0.6) is 5.88 Å². The molecule has 6 heteroatoms. The van der Waals surface area contributed by atoms with Gasteiger partial charge in [-0.1, -0.05) is 30.3 Å². The van der Waals surface area contributed by atoms with Crippen molar-refractivity contribution in [1.82, 2.24) is 10.3 Å². The molecule has 27 heavy (non-hydrogen) atoms. The van der Waals surface area contributed by atoms with Gasteiger partial charge < -0.3 is 15.4 Å². The van der Waals surface area contributed by atoms with Crippen LogP contribution >= 0.6 is 11.6 Å². The quantitative estimate of drug-likeness (QED) is 0.713. The number of hydrogen-bond acceptors (Lipinski definition) is 5. The number of nitrogens with one attached hydrogen (secondary N) is 2. The molecule has 0 bridgehead atoms. The summed E-state index contributed by atoms with van der Waals surface area (Å²) in [4.78, 5) is 15.8. The Morgan fingerprint density at radius 2 is 2.11 bits per heavy atom. The fourth-order valence-electron chi connectivity index (χ4n) is 2.99. The highest BCUT2D eigenvalue weighted by Gasteiger charge is 2.14. The Hall–Kier alpha value is -2.37. The summed E-state index contributed by atoms with van der Waals surface area (Å²) in [6.45, 7) is 7.79. The van der Waals surface area contributed by atoms with Crippen molar-refractivity contribution in [1.29, 1.82) is 0 Å². The molecule has 0 unspecified atom stereocenters. The Morgan fingerprint density at radius 3 is 2.85 bits per heavy atom. The number of aromatic nitrogens is 1. The van der Waals surface area contributed by atoms with Gasteiger partial charge >= 0.3 is 0 Å². The van der Waals surface area contributed by atoms with Gasteiger partial charge in [-0.2, -0.15) is 0 Å². The van der Waals surface area contributed by atoms with Crippen molar-refractivity contribution < 1.29 is 9.53 Å². The van der Waals surface area contributed by atoms with E-state index in [2.05, 4.69) is 28.3 Å². The molecule has 1 aliphatic heterocycles. The predicted molar refractivity (Wildman–Crippen MR) is 109 cm³/mol. The van der Waals surface area contributed by atoms with Crippen molar-refractivity contribution in [3.05, 3.63) is 64.3 Å². The van der Waals surface area contributed by atoms with Crippen molar-refractivity contribution in [3.63, 3.8) is 0 Å². The predicted octanol–water partition coefficient (Wildman–Crippen LogP) is 3.56. The van der Waals surface area contributed by atoms with Crippen molar-refractivity contribution >= 4 is 23.1 Å². The first-order chi connectivity index (χ1) is 13.0. The number of hydrogen-bond donors (Lipinski definition) is 2. The largest absolute Gasteiger partial charge is 0.469 e. The molecule has 0 saturated heterocycles. The van der Waals surface area contributed by atoms with Gasteiger partial charge in [0.05, 0.1) is 10.7 Å². The Kier molecular flexibility index (Phi) is 6.48. The van der Waals surface area contributed by atoms with E-state index in [-0.39, 0.29) is 12.4 Å². The molecule has 1 aliphatic rings. The monoisotopic (exact) mass is 385 g/mol. The summed E-state index contributed by atoms with van der Waals surface area (Å²) in [5.41, 5.74) is 5.12. The van der Waals surface area contributed by atoms with Crippen molar-refractivity contribution in [2.45, 2.75) is 26.3 Å². The molecule has 0 saturated carbocycles. The smallest absolute Gasteiger partial charge is 0.213 e. The van der Waals surface area contributed by atoms with Crippen LogP contribution in [-0.2, 0) is 24.2 Å². The van der Waals surface area contributed by atoms with Crippen LogP contribution in [0.3, 0.4) is 0 Å². The highest BCUT2D eigenvalue weighted by Crippen LogP contribution is 2.31. The Balaban J connectivity index is 1.64. The van der Waals surface area contributed by atoms with E-state index in [1.807, 2.05) is 12.1 Å². The zero-order valence-corrected chi connectivity index (χ0v) is 16.2. The van der Waals surface area contributed by atoms with E-state index < -0.39 is 0 Å². The highest BCUT2D eigenvalue weighted by atomic mass is 35.5. The molecule has 5 nitrogen and oxygen atoms in total. The maximum atomic E-state index is 11.5. The van der Waals surface area contributed by atoms with Gasteiger partial charge in [0, 0.05) is 18.8 Å². The van der Waals surface area contributed by atoms with Crippen LogP contribution in [0.25, 0.3) is 0 Å². The number of fused-ring (bicyclic) bond motifs is 1. The van der Waals surface area contributed by atoms with Gasteiger partial charge in [-0.05, 0) is 61.2 Å². The minimum atomic E-state index is -0.128. The normalized spacial score (nSPS) is 13.4. The van der Waals surface area contributed by atoms with E-state index in [1.54, 1.807) is 19.2 Å². The third-order valence-corrected chi connectivity index (χ3v) is 4.89. The van der Waals surface area contributed by atoms with Crippen LogP contribution in [0.2, 0.25) is 5.02 Å². The number of nitrogens with zero attached hydrogens (tertiary/aromatic N) is 1. The SMILES string of the molecule is C=C(C)C(=O)COc1ccc(CNc2c(Cl)ccc3c2CCNCC3)cn1. The molecule has 2 aromatic rings. The molecule has 142 valence electrons. The second-order valence-electron chi connectivity index (χ2n) is 6.66. The van der Waals surface area contributed by atoms with E-state index >= 15 is 0 Å². The van der Waals surface area contributed by atoms with Gasteiger partial charge in [-0.3, -0.25) is 4.79 Å². The minimum Gasteiger partial charge on any atom is -0.469 e. The molecule has 0 radical (unpaired) electrons. The molecule has 3 rings (SSSR count). The van der Waals surface area contributed by atoms with Crippen LogP contribution in [0.4, 0.5) is 5.69 Å². The number of carbonyl (C=O) groups is 1. The number of ether oxygens (including phenoxy) is 1. The third-order valence-electron chi connectivity index (χ3n) is 4.58. The van der Waals surface area contributed by atoms with E-state index in [1.165, 1.54) is 11.1 Å². The molecule has 0 aliphatic carbocycles. The standard InChI is InChI=1S/C21H24ClN3O2/c1-14(2)19(26)13-27-20-6-3-15(11-24-20)12-25-21-17-8-10-23-9-7-16(17)4-5-18(21)22/h3-6,11,23,25H,1,7-10,12-13H2,2H3. The van der Waals surface area contributed by atoms with Gasteiger partial charge in [0.25, 0.3) is 0 Å². The van der Waals surface area contributed by atoms with Crippen LogP contribution in [-0.4, -0.2) is 30.5 Å². The number of pyridine rings is 1. The molecule has 2 heterocycles. The van der Waals surface area contributed by atoms with Crippen LogP contribution in [0.1, 0.15) is 23.6 Å². The van der Waals surface area contributed by atoms with Crippen LogP contribution in [0, 0.1) is 0 Å². The van der Waals surface area contributed by atoms with Gasteiger partial charge in [-0.15, -0.1) is 0 Å². The van der Waals surface area contributed by atoms with E-state index in [0.717, 1.165) is 42.2 Å². The summed E-state index contributed by atoms with van der Waals surface area (Å²) in [6.07, 6.45) is 3.71. The fourth-order valence-corrected chi connectivity index (χ4v) is 3.23. The lowest BCUT2D eigenvalue weighted by atomic mass is 10.0. The maximum Gasteiger partial charge on any atom is 0.213 e. The number of Topliss-reactive ketones (excluding diaryl/α,β-unsaturated/α-hetero) is 1. The van der Waals surface area contributed by atoms with Gasteiger partial charge in [0.1, 0.15) is 0 Å². The molecule has 0 spiro atoms. The molecule has 0 atom stereocenters. The maximum absolute atomic E-state index is 11.5. The topological polar surface area (TPSA) is 63.2 Å². The van der Waals surface area contributed by atoms with Crippen LogP contribution < -0.4 is 15.4 Å².